The van der Waals surface area contributed by atoms with Crippen LogP contribution >= 0.6 is 0 Å². The summed E-state index contributed by atoms with van der Waals surface area (Å²) in [5.74, 6) is 0. The normalized spacial score (nSPS) is 26.7. The lowest BCUT2D eigenvalue weighted by Crippen LogP contribution is -2.22. The van der Waals surface area contributed by atoms with E-state index in [1.54, 1.807) is 7.11 Å². The number of methoxy groups -OCH3 is 1. The summed E-state index contributed by atoms with van der Waals surface area (Å²) in [6.45, 7) is 1.17. The third-order valence-electron chi connectivity index (χ3n) is 1.51. The molecule has 1 aliphatic rings. The molecule has 0 amide bonds. The summed E-state index contributed by atoms with van der Waals surface area (Å²) in [5.41, 5.74) is 0. The third-order valence-corrected chi connectivity index (χ3v) is 1.51. The van der Waals surface area contributed by atoms with Gasteiger partial charge in [0, 0.05) is 13.7 Å². The minimum absolute atomic E-state index is 0.0197. The van der Waals surface area contributed by atoms with Crippen molar-refractivity contribution in [2.24, 2.45) is 0 Å². The monoisotopic (exact) mass is 146 g/mol. The Morgan fingerprint density at radius 1 is 1.50 bits per heavy atom. The van der Waals surface area contributed by atoms with Crippen molar-refractivity contribution in [3.8, 4) is 0 Å². The zero-order chi connectivity index (χ0) is 7.23. The van der Waals surface area contributed by atoms with Gasteiger partial charge in [0.05, 0.1) is 0 Å². The molecule has 0 spiro atoms. The van der Waals surface area contributed by atoms with Gasteiger partial charge in [0.1, 0.15) is 6.79 Å². The Kier molecular flexibility index (Phi) is 3.72. The van der Waals surface area contributed by atoms with Crippen LogP contribution in [0.5, 0.6) is 0 Å². The molecule has 0 N–H and O–H groups in total. The lowest BCUT2D eigenvalue weighted by molar-refractivity contribution is -0.203. The van der Waals surface area contributed by atoms with Gasteiger partial charge in [-0.3, -0.25) is 0 Å². The molecule has 0 aliphatic carbocycles. The van der Waals surface area contributed by atoms with Crippen LogP contribution in [-0.4, -0.2) is 26.8 Å². The van der Waals surface area contributed by atoms with Gasteiger partial charge in [-0.1, -0.05) is 0 Å². The summed E-state index contributed by atoms with van der Waals surface area (Å²) in [7, 11) is 1.61. The Morgan fingerprint density at radius 3 is 3.00 bits per heavy atom. The predicted octanol–water partition coefficient (Wildman–Crippen LogP) is 1.13. The topological polar surface area (TPSA) is 27.7 Å². The quantitative estimate of drug-likeness (QED) is 0.559. The largest absolute Gasteiger partial charge is 0.359 e. The lowest BCUT2D eigenvalue weighted by Gasteiger charge is -2.21. The molecule has 0 bridgehead atoms. The second kappa shape index (κ2) is 4.66. The number of hydrogen-bond donors (Lipinski definition) is 0. The average molecular weight is 146 g/mol. The van der Waals surface area contributed by atoms with Crippen LogP contribution in [0.1, 0.15) is 19.3 Å². The van der Waals surface area contributed by atoms with Gasteiger partial charge in [0.2, 0.25) is 0 Å². The van der Waals surface area contributed by atoms with Crippen LogP contribution < -0.4 is 0 Å². The minimum Gasteiger partial charge on any atom is -0.359 e. The highest BCUT2D eigenvalue weighted by atomic mass is 16.7. The van der Waals surface area contributed by atoms with Gasteiger partial charge in [0.15, 0.2) is 6.29 Å². The SMILES string of the molecule is COCOC1CCCCO1. The van der Waals surface area contributed by atoms with Crippen molar-refractivity contribution in [1.29, 1.82) is 0 Å². The molecule has 1 atom stereocenters. The molecule has 0 radical (unpaired) electrons. The Labute approximate surface area is 61.3 Å². The number of ether oxygens (including phenoxy) is 3. The van der Waals surface area contributed by atoms with E-state index in [2.05, 4.69) is 0 Å². The molecule has 10 heavy (non-hydrogen) atoms. The first-order chi connectivity index (χ1) is 4.93. The van der Waals surface area contributed by atoms with Gasteiger partial charge in [0.25, 0.3) is 0 Å². The molecule has 1 aliphatic heterocycles. The van der Waals surface area contributed by atoms with E-state index in [0.29, 0.717) is 6.79 Å². The molecule has 1 fully saturated rings. The van der Waals surface area contributed by atoms with Crippen molar-refractivity contribution in [2.45, 2.75) is 25.6 Å². The lowest BCUT2D eigenvalue weighted by atomic mass is 10.2. The van der Waals surface area contributed by atoms with E-state index in [0.717, 1.165) is 19.4 Å². The molecule has 0 aromatic rings. The first kappa shape index (κ1) is 7.98. The van der Waals surface area contributed by atoms with Gasteiger partial charge in [-0.05, 0) is 19.3 Å². The fraction of sp³-hybridized carbons (Fsp3) is 1.00. The molecule has 1 rings (SSSR count). The van der Waals surface area contributed by atoms with Crippen molar-refractivity contribution >= 4 is 0 Å². The molecule has 1 unspecified atom stereocenters. The van der Waals surface area contributed by atoms with E-state index < -0.39 is 0 Å². The van der Waals surface area contributed by atoms with Crippen molar-refractivity contribution < 1.29 is 14.2 Å². The predicted molar refractivity (Wildman–Crippen MR) is 36.6 cm³/mol. The van der Waals surface area contributed by atoms with E-state index in [4.69, 9.17) is 14.2 Å². The summed E-state index contributed by atoms with van der Waals surface area (Å²) in [6.07, 6.45) is 3.35. The third kappa shape index (κ3) is 2.64. The second-order valence-corrected chi connectivity index (χ2v) is 2.37. The maximum Gasteiger partial charge on any atom is 0.160 e. The van der Waals surface area contributed by atoms with E-state index in [9.17, 15) is 0 Å². The van der Waals surface area contributed by atoms with Crippen molar-refractivity contribution in [1.82, 2.24) is 0 Å². The molecule has 0 aromatic carbocycles. The van der Waals surface area contributed by atoms with Crippen LogP contribution in [0.4, 0.5) is 0 Å². The fourth-order valence-corrected chi connectivity index (χ4v) is 0.987. The molecular weight excluding hydrogens is 132 g/mol. The van der Waals surface area contributed by atoms with E-state index in [-0.39, 0.29) is 6.29 Å². The molecule has 0 saturated carbocycles. The smallest absolute Gasteiger partial charge is 0.160 e. The van der Waals surface area contributed by atoms with Gasteiger partial charge in [-0.25, -0.2) is 0 Å². The van der Waals surface area contributed by atoms with Crippen molar-refractivity contribution in [3.63, 3.8) is 0 Å². The molecular formula is C7H14O3. The van der Waals surface area contributed by atoms with Gasteiger partial charge >= 0.3 is 0 Å². The summed E-state index contributed by atoms with van der Waals surface area (Å²) >= 11 is 0. The van der Waals surface area contributed by atoms with E-state index >= 15 is 0 Å². The summed E-state index contributed by atoms with van der Waals surface area (Å²) in [6, 6.07) is 0. The molecule has 1 heterocycles. The summed E-state index contributed by atoms with van der Waals surface area (Å²) in [4.78, 5) is 0. The average Bonchev–Trinajstić information content (AvgIpc) is 2.03. The highest BCUT2D eigenvalue weighted by molar-refractivity contribution is 4.52. The standard InChI is InChI=1S/C7H14O3/c1-8-6-10-7-4-2-3-5-9-7/h7H,2-6H2,1H3. The van der Waals surface area contributed by atoms with Gasteiger partial charge in [-0.15, -0.1) is 0 Å². The highest BCUT2D eigenvalue weighted by Crippen LogP contribution is 2.12. The Hall–Kier alpha value is -0.120. The second-order valence-electron chi connectivity index (χ2n) is 2.37. The zero-order valence-corrected chi connectivity index (χ0v) is 6.34. The Bertz CT molecular complexity index is 78.9. The van der Waals surface area contributed by atoms with Crippen LogP contribution in [-0.2, 0) is 14.2 Å². The Morgan fingerprint density at radius 2 is 2.40 bits per heavy atom. The minimum atomic E-state index is -0.0197. The van der Waals surface area contributed by atoms with Crippen LogP contribution in [0.25, 0.3) is 0 Å². The molecule has 60 valence electrons. The Balaban J connectivity index is 2.02. The number of rotatable bonds is 3. The van der Waals surface area contributed by atoms with Gasteiger partial charge in [-0.2, -0.15) is 0 Å². The summed E-state index contributed by atoms with van der Waals surface area (Å²) < 4.78 is 15.2. The van der Waals surface area contributed by atoms with Crippen molar-refractivity contribution in [3.05, 3.63) is 0 Å². The van der Waals surface area contributed by atoms with Crippen LogP contribution in [0.3, 0.4) is 0 Å². The molecule has 1 saturated heterocycles. The molecule has 0 aromatic heterocycles. The fourth-order valence-electron chi connectivity index (χ4n) is 0.987. The summed E-state index contributed by atoms with van der Waals surface area (Å²) in [5, 5.41) is 0. The molecule has 3 heteroatoms. The highest BCUT2D eigenvalue weighted by Gasteiger charge is 2.12. The number of hydrogen-bond acceptors (Lipinski definition) is 3. The first-order valence-corrected chi connectivity index (χ1v) is 3.65. The van der Waals surface area contributed by atoms with E-state index in [1.807, 2.05) is 0 Å². The first-order valence-electron chi connectivity index (χ1n) is 3.65. The van der Waals surface area contributed by atoms with Crippen LogP contribution in [0, 0.1) is 0 Å². The maximum absolute atomic E-state index is 5.28. The zero-order valence-electron chi connectivity index (χ0n) is 6.34. The van der Waals surface area contributed by atoms with E-state index in [1.165, 1.54) is 6.42 Å². The van der Waals surface area contributed by atoms with Crippen molar-refractivity contribution in [2.75, 3.05) is 20.5 Å². The van der Waals surface area contributed by atoms with Gasteiger partial charge < -0.3 is 14.2 Å². The van der Waals surface area contributed by atoms with Crippen LogP contribution in [0.2, 0.25) is 0 Å². The maximum atomic E-state index is 5.28. The van der Waals surface area contributed by atoms with Crippen LogP contribution in [0.15, 0.2) is 0 Å². The molecule has 3 nitrogen and oxygen atoms in total.